The van der Waals surface area contributed by atoms with Gasteiger partial charge in [-0.25, -0.2) is 9.18 Å². The molecule has 0 aliphatic heterocycles. The monoisotopic (exact) mass is 290 g/mol. The Balaban J connectivity index is 2.57. The largest absolute Gasteiger partial charge is 0.493 e. The van der Waals surface area contributed by atoms with Crippen molar-refractivity contribution in [2.45, 2.75) is 25.9 Å². The van der Waals surface area contributed by atoms with Gasteiger partial charge in [-0.3, -0.25) is 0 Å². The number of hydrogen-bond acceptors (Lipinski definition) is 3. The smallest absolute Gasteiger partial charge is 0.309 e. The molecule has 0 fully saturated rings. The summed E-state index contributed by atoms with van der Waals surface area (Å²) in [7, 11) is 0. The highest BCUT2D eigenvalue weighted by atomic mass is 19.4. The van der Waals surface area contributed by atoms with E-state index in [-0.39, 0.29) is 16.3 Å². The van der Waals surface area contributed by atoms with Gasteiger partial charge in [0.05, 0.1) is 5.69 Å². The summed E-state index contributed by atoms with van der Waals surface area (Å²) in [6.45, 7) is 3.48. The molecule has 20 heavy (non-hydrogen) atoms. The zero-order chi connectivity index (χ0) is 15.1. The number of carbonyl (C=O) groups is 1. The van der Waals surface area contributed by atoms with Crippen molar-refractivity contribution >= 4 is 16.9 Å². The van der Waals surface area contributed by atoms with E-state index in [9.17, 15) is 22.4 Å². The first-order chi connectivity index (χ1) is 9.21. The summed E-state index contributed by atoms with van der Waals surface area (Å²) in [6, 6.07) is 3.95. The van der Waals surface area contributed by atoms with Crippen LogP contribution in [0.5, 0.6) is 0 Å². The maximum Gasteiger partial charge on any atom is 0.493 e. The molecule has 0 aliphatic rings. The Morgan fingerprint density at radius 2 is 2.00 bits per heavy atom. The highest BCUT2D eigenvalue weighted by Gasteiger charge is 2.42. The fourth-order valence-electron chi connectivity index (χ4n) is 1.74. The lowest BCUT2D eigenvalue weighted by Gasteiger charge is -2.06. The SMILES string of the molecule is CC(C)c1nn(OC(=O)C(F)(F)F)c2c(F)cccc12. The number of fused-ring (bicyclic) bond motifs is 1. The topological polar surface area (TPSA) is 44.1 Å². The van der Waals surface area contributed by atoms with Crippen LogP contribution in [0.2, 0.25) is 0 Å². The van der Waals surface area contributed by atoms with Crippen molar-refractivity contribution in [1.82, 2.24) is 9.94 Å². The lowest BCUT2D eigenvalue weighted by atomic mass is 10.1. The van der Waals surface area contributed by atoms with E-state index in [1.807, 2.05) is 0 Å². The number of benzene rings is 1. The summed E-state index contributed by atoms with van der Waals surface area (Å²) in [5, 5.41) is 4.04. The van der Waals surface area contributed by atoms with Gasteiger partial charge in [0.2, 0.25) is 0 Å². The number of para-hydroxylation sites is 1. The van der Waals surface area contributed by atoms with Crippen LogP contribution in [0, 0.1) is 5.82 Å². The number of carbonyl (C=O) groups excluding carboxylic acids is 1. The van der Waals surface area contributed by atoms with Crippen LogP contribution in [0.25, 0.3) is 10.9 Å². The van der Waals surface area contributed by atoms with E-state index >= 15 is 0 Å². The molecule has 0 saturated heterocycles. The van der Waals surface area contributed by atoms with Crippen molar-refractivity contribution in [1.29, 1.82) is 0 Å². The van der Waals surface area contributed by atoms with E-state index in [1.54, 1.807) is 13.8 Å². The quantitative estimate of drug-likeness (QED) is 0.799. The van der Waals surface area contributed by atoms with Crippen LogP contribution in [0.4, 0.5) is 17.6 Å². The second-order valence-corrected chi connectivity index (χ2v) is 4.43. The fourth-order valence-corrected chi connectivity index (χ4v) is 1.74. The molecule has 0 bridgehead atoms. The van der Waals surface area contributed by atoms with Crippen molar-refractivity contribution < 1.29 is 27.2 Å². The zero-order valence-electron chi connectivity index (χ0n) is 10.5. The molecule has 0 spiro atoms. The van der Waals surface area contributed by atoms with Gasteiger partial charge in [0.25, 0.3) is 0 Å². The molecular formula is C12H10F4N2O2. The predicted octanol–water partition coefficient (Wildman–Crippen LogP) is 2.82. The van der Waals surface area contributed by atoms with Crippen LogP contribution in [-0.4, -0.2) is 22.1 Å². The van der Waals surface area contributed by atoms with Crippen LogP contribution in [0.3, 0.4) is 0 Å². The summed E-state index contributed by atoms with van der Waals surface area (Å²) < 4.78 is 50.3. The molecule has 108 valence electrons. The number of nitrogens with zero attached hydrogens (tertiary/aromatic N) is 2. The minimum absolute atomic E-state index is 0.176. The molecule has 0 N–H and O–H groups in total. The molecule has 0 aliphatic carbocycles. The molecule has 0 atom stereocenters. The minimum atomic E-state index is -5.18. The van der Waals surface area contributed by atoms with Gasteiger partial charge in [-0.05, 0) is 12.0 Å². The van der Waals surface area contributed by atoms with Crippen molar-refractivity contribution in [3.8, 4) is 0 Å². The molecule has 8 heteroatoms. The Morgan fingerprint density at radius 3 is 2.55 bits per heavy atom. The molecule has 1 heterocycles. The van der Waals surface area contributed by atoms with Gasteiger partial charge in [-0.1, -0.05) is 30.8 Å². The normalized spacial score (nSPS) is 12.2. The van der Waals surface area contributed by atoms with Crippen LogP contribution < -0.4 is 4.84 Å². The lowest BCUT2D eigenvalue weighted by Crippen LogP contribution is -2.34. The standard InChI is InChI=1S/C12H10F4N2O2/c1-6(2)9-7-4-3-5-8(13)10(7)18(17-9)20-11(19)12(14,15)16/h3-6H,1-2H3. The number of aromatic nitrogens is 2. The molecule has 1 aromatic carbocycles. The van der Waals surface area contributed by atoms with Gasteiger partial charge >= 0.3 is 12.1 Å². The van der Waals surface area contributed by atoms with Crippen LogP contribution in [-0.2, 0) is 4.79 Å². The average molecular weight is 290 g/mol. The van der Waals surface area contributed by atoms with Crippen molar-refractivity contribution in [2.75, 3.05) is 0 Å². The summed E-state index contributed by atoms with van der Waals surface area (Å²) in [6.07, 6.45) is -5.18. The first-order valence-corrected chi connectivity index (χ1v) is 5.68. The molecule has 0 saturated carbocycles. The highest BCUT2D eigenvalue weighted by Crippen LogP contribution is 2.26. The van der Waals surface area contributed by atoms with Gasteiger partial charge < -0.3 is 4.84 Å². The average Bonchev–Trinajstić information content (AvgIpc) is 2.68. The van der Waals surface area contributed by atoms with E-state index in [2.05, 4.69) is 9.94 Å². The molecule has 2 rings (SSSR count). The van der Waals surface area contributed by atoms with E-state index in [4.69, 9.17) is 0 Å². The molecular weight excluding hydrogens is 280 g/mol. The van der Waals surface area contributed by atoms with E-state index < -0.39 is 18.0 Å². The second-order valence-electron chi connectivity index (χ2n) is 4.43. The Bertz CT molecular complexity index is 661. The van der Waals surface area contributed by atoms with Crippen LogP contribution >= 0.6 is 0 Å². The Labute approximate surface area is 110 Å². The first-order valence-electron chi connectivity index (χ1n) is 5.68. The molecule has 0 unspecified atom stereocenters. The summed E-state index contributed by atoms with van der Waals surface area (Å²) in [5.41, 5.74) is 0.0447. The number of rotatable bonds is 2. The number of alkyl halides is 3. The Morgan fingerprint density at radius 1 is 1.35 bits per heavy atom. The van der Waals surface area contributed by atoms with Gasteiger partial charge in [-0.15, -0.1) is 5.10 Å². The third-order valence-corrected chi connectivity index (χ3v) is 2.60. The Hall–Kier alpha value is -2.12. The van der Waals surface area contributed by atoms with Crippen molar-refractivity contribution in [2.24, 2.45) is 0 Å². The van der Waals surface area contributed by atoms with Gasteiger partial charge in [-0.2, -0.15) is 13.2 Å². The maximum atomic E-state index is 13.7. The molecule has 2 aromatic rings. The van der Waals surface area contributed by atoms with Crippen molar-refractivity contribution in [3.05, 3.63) is 29.7 Å². The first kappa shape index (κ1) is 14.3. The molecule has 0 amide bonds. The van der Waals surface area contributed by atoms with Gasteiger partial charge in [0, 0.05) is 5.39 Å². The van der Waals surface area contributed by atoms with Gasteiger partial charge in [0.15, 0.2) is 5.82 Å². The fraction of sp³-hybridized carbons (Fsp3) is 0.333. The minimum Gasteiger partial charge on any atom is -0.309 e. The molecule has 1 aromatic heterocycles. The van der Waals surface area contributed by atoms with E-state index in [1.165, 1.54) is 12.1 Å². The van der Waals surface area contributed by atoms with E-state index in [0.717, 1.165) is 6.07 Å². The highest BCUT2D eigenvalue weighted by molar-refractivity contribution is 5.84. The summed E-state index contributed by atoms with van der Waals surface area (Å²) in [5.74, 6) is -3.46. The molecule has 0 radical (unpaired) electrons. The third kappa shape index (κ3) is 2.45. The molecule has 4 nitrogen and oxygen atoms in total. The lowest BCUT2D eigenvalue weighted by molar-refractivity contribution is -0.200. The number of halogens is 4. The Kier molecular flexibility index (Phi) is 3.41. The zero-order valence-corrected chi connectivity index (χ0v) is 10.5. The predicted molar refractivity (Wildman–Crippen MR) is 61.4 cm³/mol. The second kappa shape index (κ2) is 4.77. The van der Waals surface area contributed by atoms with Crippen molar-refractivity contribution in [3.63, 3.8) is 0 Å². The van der Waals surface area contributed by atoms with Gasteiger partial charge in [0.1, 0.15) is 5.52 Å². The summed E-state index contributed by atoms with van der Waals surface area (Å²) >= 11 is 0. The van der Waals surface area contributed by atoms with Crippen LogP contribution in [0.15, 0.2) is 18.2 Å². The number of hydrogen-bond donors (Lipinski definition) is 0. The van der Waals surface area contributed by atoms with E-state index in [0.29, 0.717) is 11.1 Å². The third-order valence-electron chi connectivity index (χ3n) is 2.60. The summed E-state index contributed by atoms with van der Waals surface area (Å²) in [4.78, 5) is 15.2. The maximum absolute atomic E-state index is 13.7. The van der Waals surface area contributed by atoms with Crippen LogP contribution in [0.1, 0.15) is 25.5 Å².